The number of fused-ring (bicyclic) bond motifs is 1. The SMILES string of the molecule is COc1ccc(N2CCc3cc(OC)c(OC)cc3C2C[N+](=O)[O-])cc1. The van der Waals surface area contributed by atoms with Crippen LogP contribution in [0, 0.1) is 10.1 Å². The Morgan fingerprint density at radius 2 is 1.73 bits per heavy atom. The fraction of sp³-hybridized carbons (Fsp3) is 0.368. The first kappa shape index (κ1) is 17.8. The number of methoxy groups -OCH3 is 3. The molecular formula is C19H22N2O5. The highest BCUT2D eigenvalue weighted by atomic mass is 16.6. The Labute approximate surface area is 152 Å². The van der Waals surface area contributed by atoms with E-state index in [-0.39, 0.29) is 17.5 Å². The fourth-order valence-electron chi connectivity index (χ4n) is 3.45. The van der Waals surface area contributed by atoms with Crippen molar-refractivity contribution in [2.24, 2.45) is 0 Å². The lowest BCUT2D eigenvalue weighted by Gasteiger charge is -2.37. The molecule has 0 N–H and O–H groups in total. The van der Waals surface area contributed by atoms with Gasteiger partial charge in [0.15, 0.2) is 11.5 Å². The van der Waals surface area contributed by atoms with Gasteiger partial charge in [0.05, 0.1) is 21.3 Å². The normalized spacial score (nSPS) is 16.0. The molecule has 0 aliphatic carbocycles. The quantitative estimate of drug-likeness (QED) is 0.584. The summed E-state index contributed by atoms with van der Waals surface area (Å²) in [5.74, 6) is 1.98. The number of hydrogen-bond acceptors (Lipinski definition) is 6. The van der Waals surface area contributed by atoms with E-state index in [2.05, 4.69) is 4.90 Å². The van der Waals surface area contributed by atoms with Crippen molar-refractivity contribution in [1.29, 1.82) is 0 Å². The maximum absolute atomic E-state index is 11.3. The molecule has 2 aromatic carbocycles. The molecule has 0 bridgehead atoms. The Morgan fingerprint density at radius 1 is 1.08 bits per heavy atom. The first-order valence-corrected chi connectivity index (χ1v) is 8.34. The van der Waals surface area contributed by atoms with Gasteiger partial charge >= 0.3 is 0 Å². The number of nitrogens with zero attached hydrogens (tertiary/aromatic N) is 2. The summed E-state index contributed by atoms with van der Waals surface area (Å²) < 4.78 is 16.0. The zero-order valence-corrected chi connectivity index (χ0v) is 15.1. The predicted octanol–water partition coefficient (Wildman–Crippen LogP) is 3.09. The Morgan fingerprint density at radius 3 is 2.31 bits per heavy atom. The minimum Gasteiger partial charge on any atom is -0.497 e. The maximum atomic E-state index is 11.3. The van der Waals surface area contributed by atoms with E-state index in [1.165, 1.54) is 0 Å². The molecular weight excluding hydrogens is 336 g/mol. The highest BCUT2D eigenvalue weighted by Gasteiger charge is 2.32. The molecule has 1 aliphatic rings. The monoisotopic (exact) mass is 358 g/mol. The largest absolute Gasteiger partial charge is 0.497 e. The Kier molecular flexibility index (Phi) is 5.16. The fourth-order valence-corrected chi connectivity index (χ4v) is 3.45. The molecule has 0 radical (unpaired) electrons. The van der Waals surface area contributed by atoms with Gasteiger partial charge in [0.25, 0.3) is 0 Å². The summed E-state index contributed by atoms with van der Waals surface area (Å²) in [7, 11) is 4.77. The lowest BCUT2D eigenvalue weighted by Crippen LogP contribution is -2.39. The average Bonchev–Trinajstić information content (AvgIpc) is 2.67. The number of nitro groups is 1. The summed E-state index contributed by atoms with van der Waals surface area (Å²) in [6.07, 6.45) is 0.774. The molecule has 0 fully saturated rings. The van der Waals surface area contributed by atoms with Crippen molar-refractivity contribution in [2.75, 3.05) is 39.3 Å². The van der Waals surface area contributed by atoms with E-state index in [0.29, 0.717) is 18.0 Å². The smallest absolute Gasteiger partial charge is 0.228 e. The number of anilines is 1. The molecule has 26 heavy (non-hydrogen) atoms. The zero-order valence-electron chi connectivity index (χ0n) is 15.1. The molecule has 0 amide bonds. The second kappa shape index (κ2) is 7.51. The Bertz CT molecular complexity index is 791. The zero-order chi connectivity index (χ0) is 18.7. The van der Waals surface area contributed by atoms with Gasteiger partial charge in [-0.2, -0.15) is 0 Å². The number of benzene rings is 2. The van der Waals surface area contributed by atoms with Gasteiger partial charge in [-0.25, -0.2) is 0 Å². The van der Waals surface area contributed by atoms with Crippen LogP contribution in [-0.4, -0.2) is 39.3 Å². The van der Waals surface area contributed by atoms with Crippen molar-refractivity contribution in [3.05, 3.63) is 57.6 Å². The van der Waals surface area contributed by atoms with Crippen LogP contribution in [0.2, 0.25) is 0 Å². The number of rotatable bonds is 6. The summed E-state index contributed by atoms with van der Waals surface area (Å²) in [4.78, 5) is 13.1. The molecule has 7 nitrogen and oxygen atoms in total. The molecule has 0 saturated carbocycles. The van der Waals surface area contributed by atoms with Crippen molar-refractivity contribution >= 4 is 5.69 Å². The van der Waals surface area contributed by atoms with Gasteiger partial charge in [-0.05, 0) is 53.9 Å². The summed E-state index contributed by atoms with van der Waals surface area (Å²) >= 11 is 0. The van der Waals surface area contributed by atoms with Crippen LogP contribution in [0.4, 0.5) is 5.69 Å². The van der Waals surface area contributed by atoms with Crippen LogP contribution in [0.5, 0.6) is 17.2 Å². The highest BCUT2D eigenvalue weighted by Crippen LogP contribution is 2.40. The van der Waals surface area contributed by atoms with Crippen molar-refractivity contribution in [1.82, 2.24) is 0 Å². The van der Waals surface area contributed by atoms with E-state index in [4.69, 9.17) is 14.2 Å². The molecule has 7 heteroatoms. The van der Waals surface area contributed by atoms with Crippen LogP contribution in [0.25, 0.3) is 0 Å². The summed E-state index contributed by atoms with van der Waals surface area (Å²) in [6.45, 7) is 0.502. The van der Waals surface area contributed by atoms with Gasteiger partial charge in [0.2, 0.25) is 6.54 Å². The van der Waals surface area contributed by atoms with Crippen LogP contribution >= 0.6 is 0 Å². The predicted molar refractivity (Wildman–Crippen MR) is 98.2 cm³/mol. The molecule has 1 heterocycles. The second-order valence-corrected chi connectivity index (χ2v) is 6.08. The van der Waals surface area contributed by atoms with E-state index in [9.17, 15) is 10.1 Å². The summed E-state index contributed by atoms with van der Waals surface area (Å²) in [6, 6.07) is 11.0. The van der Waals surface area contributed by atoms with Gasteiger partial charge < -0.3 is 19.1 Å². The van der Waals surface area contributed by atoms with E-state index in [1.54, 1.807) is 21.3 Å². The first-order chi connectivity index (χ1) is 12.6. The average molecular weight is 358 g/mol. The Balaban J connectivity index is 2.04. The summed E-state index contributed by atoms with van der Waals surface area (Å²) in [5.41, 5.74) is 2.89. The molecule has 1 unspecified atom stereocenters. The lowest BCUT2D eigenvalue weighted by molar-refractivity contribution is -0.483. The highest BCUT2D eigenvalue weighted by molar-refractivity contribution is 5.57. The van der Waals surface area contributed by atoms with Gasteiger partial charge in [0, 0.05) is 17.2 Å². The van der Waals surface area contributed by atoms with Gasteiger partial charge in [-0.15, -0.1) is 0 Å². The van der Waals surface area contributed by atoms with E-state index in [0.717, 1.165) is 29.0 Å². The topological polar surface area (TPSA) is 74.1 Å². The number of hydrogen-bond donors (Lipinski definition) is 0. The Hall–Kier alpha value is -2.96. The molecule has 138 valence electrons. The third-order valence-corrected chi connectivity index (χ3v) is 4.73. The first-order valence-electron chi connectivity index (χ1n) is 8.34. The van der Waals surface area contributed by atoms with E-state index in [1.807, 2.05) is 36.4 Å². The molecule has 2 aromatic rings. The van der Waals surface area contributed by atoms with Crippen LogP contribution < -0.4 is 19.1 Å². The minimum absolute atomic E-state index is 0.186. The molecule has 0 aromatic heterocycles. The van der Waals surface area contributed by atoms with E-state index >= 15 is 0 Å². The van der Waals surface area contributed by atoms with Crippen molar-refractivity contribution in [2.45, 2.75) is 12.5 Å². The van der Waals surface area contributed by atoms with Crippen LogP contribution in [0.1, 0.15) is 17.2 Å². The van der Waals surface area contributed by atoms with E-state index < -0.39 is 0 Å². The maximum Gasteiger partial charge on any atom is 0.228 e. The molecule has 0 spiro atoms. The molecule has 1 atom stereocenters. The minimum atomic E-state index is -0.373. The molecule has 0 saturated heterocycles. The van der Waals surface area contributed by atoms with Crippen molar-refractivity contribution < 1.29 is 19.1 Å². The third kappa shape index (κ3) is 3.37. The summed E-state index contributed by atoms with van der Waals surface area (Å²) in [5, 5.41) is 11.3. The van der Waals surface area contributed by atoms with Gasteiger partial charge in [-0.3, -0.25) is 10.1 Å². The van der Waals surface area contributed by atoms with Crippen LogP contribution in [0.15, 0.2) is 36.4 Å². The lowest BCUT2D eigenvalue weighted by atomic mass is 9.91. The second-order valence-electron chi connectivity index (χ2n) is 6.08. The van der Waals surface area contributed by atoms with Crippen molar-refractivity contribution in [3.8, 4) is 17.2 Å². The van der Waals surface area contributed by atoms with Crippen molar-refractivity contribution in [3.63, 3.8) is 0 Å². The number of ether oxygens (including phenoxy) is 3. The van der Waals surface area contributed by atoms with Gasteiger partial charge in [-0.1, -0.05) is 0 Å². The third-order valence-electron chi connectivity index (χ3n) is 4.73. The van der Waals surface area contributed by atoms with Gasteiger partial charge in [0.1, 0.15) is 11.8 Å². The van der Waals surface area contributed by atoms with Crippen LogP contribution in [-0.2, 0) is 6.42 Å². The van der Waals surface area contributed by atoms with Crippen LogP contribution in [0.3, 0.4) is 0 Å². The standard InChI is InChI=1S/C19H22N2O5/c1-24-15-6-4-14(5-7-15)20-9-8-13-10-18(25-2)19(26-3)11-16(13)17(20)12-21(22)23/h4-7,10-11,17H,8-9,12H2,1-3H3. The molecule has 3 rings (SSSR count). The molecule has 1 aliphatic heterocycles.